The molecule has 5 fully saturated rings. The molecule has 0 radical (unpaired) electrons. The number of nitrogens with zero attached hydrogens (tertiary/aromatic N) is 8. The number of fused-ring (bicyclic) bond motifs is 3. The van der Waals surface area contributed by atoms with Gasteiger partial charge >= 0.3 is 6.01 Å². The number of aromatic hydroxyl groups is 1. The second-order valence-electron chi connectivity index (χ2n) is 20.7. The summed E-state index contributed by atoms with van der Waals surface area (Å²) in [4.78, 5) is 75.0. The Morgan fingerprint density at radius 2 is 1.65 bits per heavy atom. The molecule has 1 unspecified atom stereocenters. The fourth-order valence-electron chi connectivity index (χ4n) is 11.4. The monoisotopic (exact) mass is 967 g/mol. The van der Waals surface area contributed by atoms with E-state index in [0.717, 1.165) is 88.6 Å². The number of hydrogen-bond acceptors (Lipinski definition) is 14. The number of nitrogens with one attached hydrogen (secondary N) is 1. The molecule has 5 aromatic rings. The molecule has 11 rings (SSSR count). The first-order valence-corrected chi connectivity index (χ1v) is 24.6. The molecule has 7 heterocycles. The number of imide groups is 2. The lowest BCUT2D eigenvalue weighted by molar-refractivity contribution is -0.136. The number of phenols is 1. The highest BCUT2D eigenvalue weighted by Crippen LogP contribution is 2.47. The van der Waals surface area contributed by atoms with Crippen molar-refractivity contribution in [2.45, 2.75) is 69.9 Å². The molecule has 3 aromatic carbocycles. The second kappa shape index (κ2) is 18.1. The number of carbonyl (C=O) groups is 4. The quantitative estimate of drug-likeness (QED) is 0.115. The Labute approximate surface area is 409 Å². The van der Waals surface area contributed by atoms with Crippen molar-refractivity contribution in [1.29, 1.82) is 0 Å². The summed E-state index contributed by atoms with van der Waals surface area (Å²) in [5.74, 6) is -0.340. The van der Waals surface area contributed by atoms with Gasteiger partial charge in [-0.05, 0) is 113 Å². The van der Waals surface area contributed by atoms with Crippen molar-refractivity contribution in [3.05, 3.63) is 77.0 Å². The number of anilines is 2. The summed E-state index contributed by atoms with van der Waals surface area (Å²) in [5, 5.41) is 25.0. The Kier molecular flexibility index (Phi) is 11.9. The third-order valence-corrected chi connectivity index (χ3v) is 15.5. The van der Waals surface area contributed by atoms with E-state index in [-0.39, 0.29) is 75.4 Å². The number of rotatable bonds is 11. The van der Waals surface area contributed by atoms with Crippen molar-refractivity contribution < 1.29 is 42.9 Å². The third-order valence-electron chi connectivity index (χ3n) is 15.5. The van der Waals surface area contributed by atoms with Gasteiger partial charge in [-0.15, -0.1) is 6.42 Å². The SMILES string of the molecule is C#Cc1c(F)ccc2cc(O)cc(-c3ncc4c(N5CCC[C@@](C)(O)C5)nc(OCC5(CN6CCC(CN7CCN(c8ccc9c(c8)C(=O)N(C8CCC(=O)NC8=O)C9=O)CC7)CC6)CC5)nc4c3F)c12. The number of piperazine rings is 1. The normalized spacial score (nSPS) is 23.1. The van der Waals surface area contributed by atoms with E-state index in [1.165, 1.54) is 30.5 Å². The van der Waals surface area contributed by atoms with Gasteiger partial charge < -0.3 is 29.6 Å². The van der Waals surface area contributed by atoms with Gasteiger partial charge in [0.15, 0.2) is 5.82 Å². The molecule has 6 aliphatic rings. The number of halogens is 2. The van der Waals surface area contributed by atoms with Gasteiger partial charge in [-0.1, -0.05) is 12.0 Å². The van der Waals surface area contributed by atoms with E-state index in [2.05, 4.69) is 35.9 Å². The zero-order valence-corrected chi connectivity index (χ0v) is 39.6. The van der Waals surface area contributed by atoms with Gasteiger partial charge in [0.25, 0.3) is 11.8 Å². The van der Waals surface area contributed by atoms with E-state index in [1.54, 1.807) is 19.1 Å². The van der Waals surface area contributed by atoms with Gasteiger partial charge in [0.05, 0.1) is 34.3 Å². The van der Waals surface area contributed by atoms with E-state index < -0.39 is 46.9 Å². The van der Waals surface area contributed by atoms with Crippen LogP contribution in [0.5, 0.6) is 11.8 Å². The summed E-state index contributed by atoms with van der Waals surface area (Å²) < 4.78 is 38.5. The molecule has 368 valence electrons. The van der Waals surface area contributed by atoms with Crippen LogP contribution in [0.2, 0.25) is 0 Å². The lowest BCUT2D eigenvalue weighted by Crippen LogP contribution is -2.54. The number of likely N-dealkylation sites (tertiary alicyclic amines) is 1. The first-order valence-electron chi connectivity index (χ1n) is 24.6. The first kappa shape index (κ1) is 46.6. The molecule has 18 heteroatoms. The number of ether oxygens (including phenoxy) is 1. The predicted molar refractivity (Wildman–Crippen MR) is 260 cm³/mol. The Balaban J connectivity index is 0.726. The predicted octanol–water partition coefficient (Wildman–Crippen LogP) is 5.26. The number of terminal acetylenes is 1. The van der Waals surface area contributed by atoms with Crippen LogP contribution in [0.15, 0.2) is 48.7 Å². The van der Waals surface area contributed by atoms with Crippen LogP contribution in [0, 0.1) is 35.3 Å². The maximum absolute atomic E-state index is 17.1. The van der Waals surface area contributed by atoms with Crippen molar-refractivity contribution in [1.82, 2.24) is 35.0 Å². The lowest BCUT2D eigenvalue weighted by atomic mass is 9.94. The Morgan fingerprint density at radius 3 is 2.38 bits per heavy atom. The molecule has 3 N–H and O–H groups in total. The minimum absolute atomic E-state index is 0.00570. The fourth-order valence-corrected chi connectivity index (χ4v) is 11.4. The Bertz CT molecular complexity index is 3070. The maximum Gasteiger partial charge on any atom is 0.319 e. The Hall–Kier alpha value is -6.81. The molecule has 71 heavy (non-hydrogen) atoms. The number of aromatic nitrogens is 3. The lowest BCUT2D eigenvalue weighted by Gasteiger charge is -2.40. The summed E-state index contributed by atoms with van der Waals surface area (Å²) in [6, 6.07) is 9.74. The number of pyridine rings is 1. The fraction of sp³-hybridized carbons (Fsp3) is 0.453. The molecule has 2 atom stereocenters. The largest absolute Gasteiger partial charge is 0.508 e. The van der Waals surface area contributed by atoms with Crippen molar-refractivity contribution in [2.24, 2.45) is 11.3 Å². The smallest absolute Gasteiger partial charge is 0.319 e. The van der Waals surface area contributed by atoms with Crippen LogP contribution in [0.4, 0.5) is 20.3 Å². The van der Waals surface area contributed by atoms with Crippen molar-refractivity contribution in [3.63, 3.8) is 0 Å². The van der Waals surface area contributed by atoms with Crippen LogP contribution in [0.3, 0.4) is 0 Å². The minimum Gasteiger partial charge on any atom is -0.508 e. The summed E-state index contributed by atoms with van der Waals surface area (Å²) in [5.41, 5.74) is 0.150. The number of hydrogen-bond donors (Lipinski definition) is 3. The summed E-state index contributed by atoms with van der Waals surface area (Å²) in [7, 11) is 0. The number of β-amino-alcohol motifs (C(OH)–C–C–N with tert-alkyl or cyclic N) is 1. The van der Waals surface area contributed by atoms with E-state index in [4.69, 9.17) is 16.1 Å². The zero-order chi connectivity index (χ0) is 49.3. The molecule has 4 amide bonds. The minimum atomic E-state index is -0.996. The molecular formula is C53H55F2N9O7. The molecular weight excluding hydrogens is 913 g/mol. The van der Waals surface area contributed by atoms with Crippen molar-refractivity contribution >= 4 is 56.8 Å². The molecule has 1 aliphatic carbocycles. The van der Waals surface area contributed by atoms with Crippen LogP contribution in [-0.4, -0.2) is 147 Å². The highest BCUT2D eigenvalue weighted by Gasteiger charge is 2.47. The summed E-state index contributed by atoms with van der Waals surface area (Å²) in [6.45, 7) is 10.0. The van der Waals surface area contributed by atoms with E-state index in [0.29, 0.717) is 48.5 Å². The number of carbonyl (C=O) groups excluding carboxylic acids is 4. The summed E-state index contributed by atoms with van der Waals surface area (Å²) in [6.07, 6.45) is 12.8. The third kappa shape index (κ3) is 8.88. The van der Waals surface area contributed by atoms with Crippen molar-refractivity contribution in [3.8, 4) is 35.4 Å². The zero-order valence-electron chi connectivity index (χ0n) is 39.6. The van der Waals surface area contributed by atoms with E-state index in [1.807, 2.05) is 11.0 Å². The molecule has 5 aliphatic heterocycles. The van der Waals surface area contributed by atoms with Crippen LogP contribution >= 0.6 is 0 Å². The average molecular weight is 968 g/mol. The van der Waals surface area contributed by atoms with Crippen LogP contribution in [0.25, 0.3) is 32.9 Å². The van der Waals surface area contributed by atoms with E-state index in [9.17, 15) is 29.4 Å². The van der Waals surface area contributed by atoms with Gasteiger partial charge in [-0.3, -0.25) is 39.3 Å². The van der Waals surface area contributed by atoms with Gasteiger partial charge in [-0.25, -0.2) is 8.78 Å². The standard InChI is InChI=1S/C53H55F2N9O7/c1-3-35-40(54)8-5-32-23-34(65)25-38(43(32)35)45-44(55)46-39(26-56-45)47(63-16-4-13-52(2,70)28-63)59-51(58-46)71-30-53(14-15-53)29-61-17-11-31(12-18-61)27-60-19-21-62(22-20-60)33-6-7-36-37(24-33)50(69)64(49(36)68)41-9-10-42(66)57-48(41)67/h1,5-8,23-26,31,41,65,70H,4,9-22,27-30H2,2H3,(H,57,66,67)/t41?,52-/m1/s1. The van der Waals surface area contributed by atoms with Gasteiger partial charge in [0.2, 0.25) is 11.8 Å². The first-order chi connectivity index (χ1) is 34.2. The number of piperidine rings is 3. The Morgan fingerprint density at radius 1 is 0.873 bits per heavy atom. The van der Waals surface area contributed by atoms with Crippen LogP contribution in [0.1, 0.15) is 84.6 Å². The highest BCUT2D eigenvalue weighted by molar-refractivity contribution is 6.23. The molecule has 4 saturated heterocycles. The van der Waals surface area contributed by atoms with Crippen molar-refractivity contribution in [2.75, 3.05) is 81.9 Å². The average Bonchev–Trinajstić information content (AvgIpc) is 4.08. The topological polar surface area (TPSA) is 185 Å². The number of benzene rings is 3. The number of amides is 4. The number of phenolic OH excluding ortho intramolecular Hbond substituents is 1. The van der Waals surface area contributed by atoms with Gasteiger partial charge in [0, 0.05) is 87.0 Å². The maximum atomic E-state index is 17.1. The summed E-state index contributed by atoms with van der Waals surface area (Å²) >= 11 is 0. The molecule has 0 bridgehead atoms. The van der Waals surface area contributed by atoms with E-state index >= 15 is 8.78 Å². The second-order valence-corrected chi connectivity index (χ2v) is 20.7. The molecule has 2 aromatic heterocycles. The van der Waals surface area contributed by atoms with Crippen LogP contribution in [-0.2, 0) is 9.59 Å². The highest BCUT2D eigenvalue weighted by atomic mass is 19.1. The molecule has 16 nitrogen and oxygen atoms in total. The van der Waals surface area contributed by atoms with Crippen LogP contribution < -0.4 is 19.9 Å². The molecule has 1 saturated carbocycles. The molecule has 0 spiro atoms. The van der Waals surface area contributed by atoms with Gasteiger partial charge in [0.1, 0.15) is 34.6 Å². The van der Waals surface area contributed by atoms with Gasteiger partial charge in [-0.2, -0.15) is 9.97 Å². The number of aliphatic hydroxyl groups is 1.